The third kappa shape index (κ3) is 5.53. The summed E-state index contributed by atoms with van der Waals surface area (Å²) in [5.74, 6) is 5.79. The molecule has 1 saturated carbocycles. The molecule has 1 rings (SSSR count). The van der Waals surface area contributed by atoms with E-state index in [1.807, 2.05) is 6.92 Å². The third-order valence-electron chi connectivity index (χ3n) is 2.84. The van der Waals surface area contributed by atoms with Crippen LogP contribution in [-0.4, -0.2) is 31.0 Å². The number of aliphatic imine (C=N–C) groups is 1. The molecule has 5 N–H and O–H groups in total. The molecule has 98 valence electrons. The Morgan fingerprint density at radius 3 is 2.65 bits per heavy atom. The summed E-state index contributed by atoms with van der Waals surface area (Å²) in [5.41, 5.74) is 2.51. The summed E-state index contributed by atoms with van der Waals surface area (Å²) in [7, 11) is 0. The smallest absolute Gasteiger partial charge is 0.241 e. The lowest BCUT2D eigenvalue weighted by Gasteiger charge is -2.24. The van der Waals surface area contributed by atoms with Gasteiger partial charge in [-0.1, -0.05) is 19.3 Å². The number of carbonyl (C=O) groups is 1. The molecular weight excluding hydrogens is 218 g/mol. The summed E-state index contributed by atoms with van der Waals surface area (Å²) >= 11 is 0. The molecule has 17 heavy (non-hydrogen) atoms. The highest BCUT2D eigenvalue weighted by Crippen LogP contribution is 2.16. The topological polar surface area (TPSA) is 91.5 Å². The maximum Gasteiger partial charge on any atom is 0.241 e. The normalized spacial score (nSPS) is 17.6. The van der Waals surface area contributed by atoms with E-state index in [4.69, 9.17) is 5.84 Å². The first kappa shape index (κ1) is 13.8. The minimum atomic E-state index is -0.0919. The number of nitrogens with one attached hydrogen (secondary N) is 3. The molecule has 0 heterocycles. The van der Waals surface area contributed by atoms with Crippen molar-refractivity contribution < 1.29 is 4.79 Å². The summed E-state index contributed by atoms with van der Waals surface area (Å²) in [4.78, 5) is 15.4. The zero-order chi connectivity index (χ0) is 12.5. The van der Waals surface area contributed by atoms with Crippen molar-refractivity contribution in [1.29, 1.82) is 0 Å². The van der Waals surface area contributed by atoms with E-state index in [1.165, 1.54) is 19.3 Å². The molecule has 1 fully saturated rings. The number of hydrogen-bond acceptors (Lipinski definition) is 3. The van der Waals surface area contributed by atoms with Crippen LogP contribution in [0.3, 0.4) is 0 Å². The lowest BCUT2D eigenvalue weighted by Crippen LogP contribution is -2.47. The van der Waals surface area contributed by atoms with Crippen LogP contribution < -0.4 is 21.9 Å². The maximum absolute atomic E-state index is 11.2. The maximum atomic E-state index is 11.2. The summed E-state index contributed by atoms with van der Waals surface area (Å²) < 4.78 is 0. The average Bonchev–Trinajstić information content (AvgIpc) is 2.36. The Labute approximate surface area is 102 Å². The first-order chi connectivity index (χ1) is 8.26. The number of rotatable bonds is 4. The van der Waals surface area contributed by atoms with Gasteiger partial charge < -0.3 is 10.6 Å². The molecule has 0 aliphatic heterocycles. The monoisotopic (exact) mass is 241 g/mol. The van der Waals surface area contributed by atoms with E-state index in [2.05, 4.69) is 21.1 Å². The van der Waals surface area contributed by atoms with Crippen LogP contribution in [0.5, 0.6) is 0 Å². The summed E-state index contributed by atoms with van der Waals surface area (Å²) in [6.07, 6.45) is 6.07. The first-order valence-electron chi connectivity index (χ1n) is 6.30. The second kappa shape index (κ2) is 7.89. The van der Waals surface area contributed by atoms with Crippen LogP contribution in [0.1, 0.15) is 39.0 Å². The number of nitrogens with zero attached hydrogens (tertiary/aromatic N) is 1. The van der Waals surface area contributed by atoms with Gasteiger partial charge in [0.1, 0.15) is 6.54 Å². The molecule has 0 bridgehead atoms. The molecule has 0 radical (unpaired) electrons. The van der Waals surface area contributed by atoms with Gasteiger partial charge in [0.25, 0.3) is 0 Å². The van der Waals surface area contributed by atoms with Gasteiger partial charge in [0.05, 0.1) is 0 Å². The lowest BCUT2D eigenvalue weighted by molar-refractivity contribution is -0.119. The van der Waals surface area contributed by atoms with E-state index in [9.17, 15) is 4.79 Å². The molecule has 0 unspecified atom stereocenters. The van der Waals surface area contributed by atoms with E-state index >= 15 is 0 Å². The highest BCUT2D eigenvalue weighted by molar-refractivity contribution is 5.84. The predicted molar refractivity (Wildman–Crippen MR) is 68.3 cm³/mol. The third-order valence-corrected chi connectivity index (χ3v) is 2.84. The molecule has 1 aliphatic carbocycles. The van der Waals surface area contributed by atoms with Crippen LogP contribution in [0.25, 0.3) is 0 Å². The van der Waals surface area contributed by atoms with Crippen molar-refractivity contribution in [3.8, 4) is 0 Å². The van der Waals surface area contributed by atoms with Crippen molar-refractivity contribution in [3.63, 3.8) is 0 Å². The summed E-state index contributed by atoms with van der Waals surface area (Å²) in [5, 5.41) is 5.92. The number of carbonyl (C=O) groups excluding carboxylic acids is 1. The van der Waals surface area contributed by atoms with Crippen LogP contribution in [0.15, 0.2) is 4.99 Å². The van der Waals surface area contributed by atoms with E-state index in [1.54, 1.807) is 0 Å². The van der Waals surface area contributed by atoms with Crippen molar-refractivity contribution in [2.45, 2.75) is 45.1 Å². The fourth-order valence-electron chi connectivity index (χ4n) is 1.98. The van der Waals surface area contributed by atoms with Gasteiger partial charge >= 0.3 is 0 Å². The minimum absolute atomic E-state index is 0.0919. The summed E-state index contributed by atoms with van der Waals surface area (Å²) in [6.45, 7) is 2.60. The zero-order valence-electron chi connectivity index (χ0n) is 10.5. The Kier molecular flexibility index (Phi) is 6.39. The molecule has 0 saturated heterocycles. The largest absolute Gasteiger partial charge is 0.355 e. The number of hydrazine groups is 1. The SMILES string of the molecule is CCNC(=O)CN=C(NN)NC1CCCCC1. The Morgan fingerprint density at radius 2 is 2.06 bits per heavy atom. The van der Waals surface area contributed by atoms with Gasteiger partial charge in [-0.25, -0.2) is 10.8 Å². The average molecular weight is 241 g/mol. The van der Waals surface area contributed by atoms with Gasteiger partial charge in [-0.2, -0.15) is 0 Å². The number of nitrogens with two attached hydrogens (primary N) is 1. The molecular formula is C11H23N5O. The molecule has 0 aromatic rings. The van der Waals surface area contributed by atoms with Crippen LogP contribution in [0.2, 0.25) is 0 Å². The van der Waals surface area contributed by atoms with Crippen molar-refractivity contribution >= 4 is 11.9 Å². The Hall–Kier alpha value is -1.30. The van der Waals surface area contributed by atoms with Crippen LogP contribution in [0.4, 0.5) is 0 Å². The van der Waals surface area contributed by atoms with Gasteiger partial charge in [-0.3, -0.25) is 10.2 Å². The number of hydrogen-bond donors (Lipinski definition) is 4. The highest BCUT2D eigenvalue weighted by atomic mass is 16.1. The van der Waals surface area contributed by atoms with Crippen molar-refractivity contribution in [1.82, 2.24) is 16.1 Å². The fraction of sp³-hybridized carbons (Fsp3) is 0.818. The van der Waals surface area contributed by atoms with Gasteiger partial charge in [0, 0.05) is 12.6 Å². The standard InChI is InChI=1S/C11H23N5O/c1-2-13-10(17)8-14-11(16-12)15-9-6-4-3-5-7-9/h9H,2-8,12H2,1H3,(H,13,17)(H2,14,15,16). The second-order valence-corrected chi connectivity index (χ2v) is 4.24. The van der Waals surface area contributed by atoms with E-state index in [0.29, 0.717) is 18.5 Å². The van der Waals surface area contributed by atoms with Gasteiger partial charge in [-0.05, 0) is 19.8 Å². The zero-order valence-corrected chi connectivity index (χ0v) is 10.5. The lowest BCUT2D eigenvalue weighted by atomic mass is 9.96. The predicted octanol–water partition coefficient (Wildman–Crippen LogP) is -0.136. The van der Waals surface area contributed by atoms with Crippen LogP contribution in [0, 0.1) is 0 Å². The minimum Gasteiger partial charge on any atom is -0.355 e. The molecule has 0 atom stereocenters. The molecule has 1 amide bonds. The molecule has 6 nitrogen and oxygen atoms in total. The van der Waals surface area contributed by atoms with Crippen LogP contribution in [-0.2, 0) is 4.79 Å². The van der Waals surface area contributed by atoms with Crippen molar-refractivity contribution in [2.24, 2.45) is 10.8 Å². The van der Waals surface area contributed by atoms with E-state index in [-0.39, 0.29) is 12.5 Å². The van der Waals surface area contributed by atoms with E-state index < -0.39 is 0 Å². The molecule has 0 aromatic carbocycles. The van der Waals surface area contributed by atoms with Gasteiger partial charge in [0.15, 0.2) is 0 Å². The van der Waals surface area contributed by atoms with E-state index in [0.717, 1.165) is 12.8 Å². The van der Waals surface area contributed by atoms with Crippen molar-refractivity contribution in [3.05, 3.63) is 0 Å². The summed E-state index contributed by atoms with van der Waals surface area (Å²) in [6, 6.07) is 0.424. The number of guanidine groups is 1. The number of amides is 1. The molecule has 0 aromatic heterocycles. The highest BCUT2D eigenvalue weighted by Gasteiger charge is 2.14. The van der Waals surface area contributed by atoms with Crippen LogP contribution >= 0.6 is 0 Å². The fourth-order valence-corrected chi connectivity index (χ4v) is 1.98. The molecule has 6 heteroatoms. The second-order valence-electron chi connectivity index (χ2n) is 4.24. The van der Waals surface area contributed by atoms with Gasteiger partial charge in [0.2, 0.25) is 11.9 Å². The Bertz CT molecular complexity index is 261. The Morgan fingerprint density at radius 1 is 1.35 bits per heavy atom. The first-order valence-corrected chi connectivity index (χ1v) is 6.30. The number of likely N-dealkylation sites (N-methyl/N-ethyl adjacent to an activating group) is 1. The molecule has 0 spiro atoms. The molecule has 1 aliphatic rings. The quantitative estimate of drug-likeness (QED) is 0.239. The van der Waals surface area contributed by atoms with Crippen molar-refractivity contribution in [2.75, 3.05) is 13.1 Å². The Balaban J connectivity index is 2.35. The van der Waals surface area contributed by atoms with Gasteiger partial charge in [-0.15, -0.1) is 0 Å².